The van der Waals surface area contributed by atoms with Gasteiger partial charge in [-0.05, 0) is 23.6 Å². The molecule has 0 aliphatic rings. The number of H-pyrrole nitrogens is 1. The summed E-state index contributed by atoms with van der Waals surface area (Å²) in [6, 6.07) is 29.6. The molecule has 0 saturated heterocycles. The van der Waals surface area contributed by atoms with Gasteiger partial charge in [0.2, 0.25) is 0 Å². The van der Waals surface area contributed by atoms with Crippen molar-refractivity contribution in [3.63, 3.8) is 0 Å². The van der Waals surface area contributed by atoms with Crippen LogP contribution in [0.5, 0.6) is 0 Å². The van der Waals surface area contributed by atoms with E-state index < -0.39 is 23.3 Å². The Balaban J connectivity index is 2.00. The van der Waals surface area contributed by atoms with Gasteiger partial charge in [-0.15, -0.1) is 0 Å². The molecule has 0 aliphatic heterocycles. The van der Waals surface area contributed by atoms with E-state index in [1.807, 2.05) is 91.0 Å². The molecule has 0 fully saturated rings. The first-order chi connectivity index (χ1) is 16.1. The standard InChI is InChI=1S/C27H26N3O3/c1-19(18-31)24(23-17-29-26(32)30-25(23)28)33-27(20-11-5-2-6-12-20,21-13-7-3-8-14-21)22-15-9-4-10-16-22/h2-17,19,24,31H,1,18H2,(H3,28,29,30,32)/t19?,24-/m0/s1. The molecule has 167 valence electrons. The number of nitrogens with one attached hydrogen (secondary N) is 1. The number of rotatable bonds is 8. The summed E-state index contributed by atoms with van der Waals surface area (Å²) in [5.41, 5.74) is 7.66. The Morgan fingerprint density at radius 2 is 1.36 bits per heavy atom. The Morgan fingerprint density at radius 1 is 0.909 bits per heavy atom. The predicted octanol–water partition coefficient (Wildman–Crippen LogP) is 3.84. The molecule has 1 radical (unpaired) electrons. The number of aromatic nitrogens is 2. The number of aliphatic hydroxyl groups is 1. The molecular weight excluding hydrogens is 414 g/mol. The SMILES string of the molecule is [CH2]C(CO)[C@H](OC(c1ccccc1)(c1ccccc1)c1ccccc1)c1c[nH]c(=O)nc1N. The van der Waals surface area contributed by atoms with Gasteiger partial charge in [-0.3, -0.25) is 0 Å². The molecule has 33 heavy (non-hydrogen) atoms. The Bertz CT molecular complexity index is 1130. The van der Waals surface area contributed by atoms with E-state index in [2.05, 4.69) is 16.9 Å². The molecule has 4 rings (SSSR count). The molecule has 0 spiro atoms. The Morgan fingerprint density at radius 3 is 1.76 bits per heavy atom. The molecular formula is C27H26N3O3. The number of benzene rings is 3. The van der Waals surface area contributed by atoms with E-state index >= 15 is 0 Å². The number of ether oxygens (including phenoxy) is 1. The fourth-order valence-electron chi connectivity index (χ4n) is 4.07. The maximum Gasteiger partial charge on any atom is 0.346 e. The van der Waals surface area contributed by atoms with Crippen LogP contribution < -0.4 is 11.4 Å². The maximum absolute atomic E-state index is 11.7. The van der Waals surface area contributed by atoms with E-state index in [0.29, 0.717) is 5.56 Å². The summed E-state index contributed by atoms with van der Waals surface area (Å²) < 4.78 is 6.99. The lowest BCUT2D eigenvalue weighted by Crippen LogP contribution is -2.37. The van der Waals surface area contributed by atoms with Crippen molar-refractivity contribution in [3.05, 3.63) is 137 Å². The minimum absolute atomic E-state index is 0.0361. The van der Waals surface area contributed by atoms with Gasteiger partial charge in [-0.2, -0.15) is 4.98 Å². The highest BCUT2D eigenvalue weighted by Gasteiger charge is 2.42. The van der Waals surface area contributed by atoms with Gasteiger partial charge in [0.25, 0.3) is 0 Å². The van der Waals surface area contributed by atoms with Gasteiger partial charge in [0, 0.05) is 24.3 Å². The Labute approximate surface area is 192 Å². The molecule has 3 aromatic carbocycles. The third-order valence-corrected chi connectivity index (χ3v) is 5.68. The average molecular weight is 441 g/mol. The first kappa shape index (κ1) is 22.5. The largest absolute Gasteiger partial charge is 0.396 e. The molecule has 0 amide bonds. The van der Waals surface area contributed by atoms with Crippen LogP contribution in [0.4, 0.5) is 5.82 Å². The third-order valence-electron chi connectivity index (χ3n) is 5.68. The lowest BCUT2D eigenvalue weighted by atomic mass is 9.79. The van der Waals surface area contributed by atoms with Crippen LogP contribution in [-0.4, -0.2) is 21.7 Å². The summed E-state index contributed by atoms with van der Waals surface area (Å²) in [5.74, 6) is -0.551. The topological polar surface area (TPSA) is 101 Å². The van der Waals surface area contributed by atoms with Crippen LogP contribution in [0.15, 0.2) is 102 Å². The summed E-state index contributed by atoms with van der Waals surface area (Å²) >= 11 is 0. The maximum atomic E-state index is 11.7. The molecule has 0 saturated carbocycles. The fourth-order valence-corrected chi connectivity index (χ4v) is 4.07. The van der Waals surface area contributed by atoms with Crippen molar-refractivity contribution in [2.24, 2.45) is 5.92 Å². The Hall–Kier alpha value is -3.74. The summed E-state index contributed by atoms with van der Waals surface area (Å²) in [4.78, 5) is 18.1. The van der Waals surface area contributed by atoms with Crippen molar-refractivity contribution in [2.45, 2.75) is 11.7 Å². The highest BCUT2D eigenvalue weighted by atomic mass is 16.5. The highest BCUT2D eigenvalue weighted by Crippen LogP contribution is 2.45. The summed E-state index contributed by atoms with van der Waals surface area (Å²) in [5, 5.41) is 10.0. The first-order valence-electron chi connectivity index (χ1n) is 10.7. The zero-order chi connectivity index (χ0) is 23.3. The van der Waals surface area contributed by atoms with Crippen molar-refractivity contribution < 1.29 is 9.84 Å². The number of aliphatic hydroxyl groups excluding tert-OH is 1. The van der Waals surface area contributed by atoms with Crippen molar-refractivity contribution in [3.8, 4) is 0 Å². The van der Waals surface area contributed by atoms with Crippen LogP contribution in [0, 0.1) is 12.8 Å². The van der Waals surface area contributed by atoms with Crippen LogP contribution in [-0.2, 0) is 10.3 Å². The van der Waals surface area contributed by atoms with Gasteiger partial charge in [0.15, 0.2) is 0 Å². The number of anilines is 1. The van der Waals surface area contributed by atoms with Crippen LogP contribution in [0.1, 0.15) is 28.4 Å². The second-order valence-electron chi connectivity index (χ2n) is 7.81. The molecule has 6 nitrogen and oxygen atoms in total. The van der Waals surface area contributed by atoms with E-state index in [0.717, 1.165) is 16.7 Å². The molecule has 6 heteroatoms. The van der Waals surface area contributed by atoms with Crippen molar-refractivity contribution in [1.82, 2.24) is 9.97 Å². The van der Waals surface area contributed by atoms with E-state index in [1.54, 1.807) is 0 Å². The third kappa shape index (κ3) is 4.44. The number of hydrogen-bond donors (Lipinski definition) is 3. The first-order valence-corrected chi connectivity index (χ1v) is 10.7. The molecule has 1 unspecified atom stereocenters. The van der Waals surface area contributed by atoms with E-state index in [1.165, 1.54) is 6.20 Å². The number of nitrogens with two attached hydrogens (primary N) is 1. The van der Waals surface area contributed by atoms with Gasteiger partial charge in [-0.25, -0.2) is 4.79 Å². The van der Waals surface area contributed by atoms with Crippen LogP contribution >= 0.6 is 0 Å². The molecule has 1 aromatic heterocycles. The van der Waals surface area contributed by atoms with E-state index in [9.17, 15) is 9.90 Å². The lowest BCUT2D eigenvalue weighted by molar-refractivity contribution is -0.0769. The van der Waals surface area contributed by atoms with Gasteiger partial charge < -0.3 is 20.6 Å². The van der Waals surface area contributed by atoms with Crippen molar-refractivity contribution in [1.29, 1.82) is 0 Å². The predicted molar refractivity (Wildman–Crippen MR) is 128 cm³/mol. The Kier molecular flexibility index (Phi) is 6.68. The van der Waals surface area contributed by atoms with Gasteiger partial charge in [0.1, 0.15) is 11.4 Å². The molecule has 0 aliphatic carbocycles. The van der Waals surface area contributed by atoms with Gasteiger partial charge in [0.05, 0.1) is 6.10 Å². The molecule has 4 aromatic rings. The average Bonchev–Trinajstić information content (AvgIpc) is 2.87. The summed E-state index contributed by atoms with van der Waals surface area (Å²) in [7, 11) is 0. The molecule has 1 heterocycles. The lowest BCUT2D eigenvalue weighted by Gasteiger charge is -2.40. The number of nitrogen functional groups attached to an aromatic ring is 1. The molecule has 4 N–H and O–H groups in total. The zero-order valence-electron chi connectivity index (χ0n) is 18.1. The number of aromatic amines is 1. The summed E-state index contributed by atoms with van der Waals surface area (Å²) in [6.45, 7) is 3.86. The van der Waals surface area contributed by atoms with Gasteiger partial charge in [-0.1, -0.05) is 91.0 Å². The second-order valence-corrected chi connectivity index (χ2v) is 7.81. The van der Waals surface area contributed by atoms with E-state index in [4.69, 9.17) is 10.5 Å². The normalized spacial score (nSPS) is 13.4. The number of hydrogen-bond acceptors (Lipinski definition) is 5. The monoisotopic (exact) mass is 440 g/mol. The highest BCUT2D eigenvalue weighted by molar-refractivity contribution is 5.48. The van der Waals surface area contributed by atoms with Crippen molar-refractivity contribution >= 4 is 5.82 Å². The van der Waals surface area contributed by atoms with Crippen LogP contribution in [0.25, 0.3) is 0 Å². The number of nitrogens with zero attached hydrogens (tertiary/aromatic N) is 1. The molecule has 2 atom stereocenters. The minimum Gasteiger partial charge on any atom is -0.396 e. The molecule has 0 bridgehead atoms. The van der Waals surface area contributed by atoms with Crippen LogP contribution in [0.2, 0.25) is 0 Å². The minimum atomic E-state index is -1.05. The zero-order valence-corrected chi connectivity index (χ0v) is 18.1. The van der Waals surface area contributed by atoms with Crippen LogP contribution in [0.3, 0.4) is 0 Å². The summed E-state index contributed by atoms with van der Waals surface area (Å²) in [6.07, 6.45) is 0.703. The quantitative estimate of drug-likeness (QED) is 0.361. The van der Waals surface area contributed by atoms with Gasteiger partial charge >= 0.3 is 5.69 Å². The smallest absolute Gasteiger partial charge is 0.346 e. The van der Waals surface area contributed by atoms with E-state index in [-0.39, 0.29) is 12.4 Å². The second kappa shape index (κ2) is 9.81. The van der Waals surface area contributed by atoms with Crippen molar-refractivity contribution in [2.75, 3.05) is 12.3 Å². The fraction of sp³-hybridized carbons (Fsp3) is 0.148.